The van der Waals surface area contributed by atoms with Crippen molar-refractivity contribution in [3.8, 4) is 0 Å². The lowest BCUT2D eigenvalue weighted by Gasteiger charge is -2.28. The molecule has 2 atom stereocenters. The van der Waals surface area contributed by atoms with E-state index in [9.17, 15) is 0 Å². The summed E-state index contributed by atoms with van der Waals surface area (Å²) in [7, 11) is 0. The van der Waals surface area contributed by atoms with Gasteiger partial charge in [0.2, 0.25) is 0 Å². The molecule has 0 saturated carbocycles. The highest BCUT2D eigenvalue weighted by atomic mass is 15.1. The molecular weight excluding hydrogens is 388 g/mol. The third-order valence-corrected chi connectivity index (χ3v) is 7.17. The Morgan fingerprint density at radius 2 is 1.28 bits per heavy atom. The molecule has 0 aliphatic carbocycles. The second kappa shape index (κ2) is 17.9. The van der Waals surface area contributed by atoms with Gasteiger partial charge >= 0.3 is 0 Å². The summed E-state index contributed by atoms with van der Waals surface area (Å²) in [6.07, 6.45) is 29.7. The van der Waals surface area contributed by atoms with Gasteiger partial charge in [-0.15, -0.1) is 0 Å². The van der Waals surface area contributed by atoms with Crippen LogP contribution in [0.25, 0.3) is 0 Å². The van der Waals surface area contributed by atoms with Crippen LogP contribution in [0, 0.1) is 5.92 Å². The van der Waals surface area contributed by atoms with Crippen LogP contribution in [-0.2, 0) is 6.42 Å². The Bertz CT molecular complexity index is 634. The monoisotopic (exact) mass is 438 g/mol. The Morgan fingerprint density at radius 1 is 0.719 bits per heavy atom. The van der Waals surface area contributed by atoms with Crippen LogP contribution in [0.1, 0.15) is 128 Å². The summed E-state index contributed by atoms with van der Waals surface area (Å²) in [5.74, 6) is 0.675. The molecule has 0 N–H and O–H groups in total. The normalized spacial score (nSPS) is 13.3. The lowest BCUT2D eigenvalue weighted by atomic mass is 9.86. The van der Waals surface area contributed by atoms with Gasteiger partial charge in [-0.25, -0.2) is 4.98 Å². The molecule has 1 heterocycles. The Morgan fingerprint density at radius 3 is 1.78 bits per heavy atom. The first-order valence-electron chi connectivity index (χ1n) is 13.9. The first-order chi connectivity index (χ1) is 15.8. The number of hydrogen-bond donors (Lipinski definition) is 0. The fourth-order valence-corrected chi connectivity index (χ4v) is 5.11. The van der Waals surface area contributed by atoms with E-state index in [1.54, 1.807) is 0 Å². The van der Waals surface area contributed by atoms with Crippen molar-refractivity contribution in [3.05, 3.63) is 54.6 Å². The van der Waals surface area contributed by atoms with E-state index in [4.69, 9.17) is 0 Å². The van der Waals surface area contributed by atoms with Gasteiger partial charge in [-0.2, -0.15) is 0 Å². The largest absolute Gasteiger partial charge is 0.334 e. The smallest absolute Gasteiger partial charge is 0.0948 e. The van der Waals surface area contributed by atoms with Crippen LogP contribution < -0.4 is 0 Å². The van der Waals surface area contributed by atoms with Crippen LogP contribution in [0.4, 0.5) is 0 Å². The lowest BCUT2D eigenvalue weighted by molar-refractivity contribution is 0.290. The maximum atomic E-state index is 4.35. The molecule has 2 nitrogen and oxygen atoms in total. The Kier molecular flexibility index (Phi) is 14.9. The second-order valence-electron chi connectivity index (χ2n) is 9.82. The van der Waals surface area contributed by atoms with Crippen molar-refractivity contribution in [2.45, 2.75) is 129 Å². The van der Waals surface area contributed by atoms with E-state index in [0.29, 0.717) is 12.0 Å². The minimum Gasteiger partial charge on any atom is -0.334 e. The molecule has 32 heavy (non-hydrogen) atoms. The Balaban J connectivity index is 1.58. The number of benzene rings is 1. The Labute approximate surface area is 199 Å². The van der Waals surface area contributed by atoms with Crippen LogP contribution in [0.3, 0.4) is 0 Å². The number of nitrogens with zero attached hydrogens (tertiary/aromatic N) is 2. The van der Waals surface area contributed by atoms with E-state index >= 15 is 0 Å². The molecule has 2 heteroatoms. The van der Waals surface area contributed by atoms with E-state index < -0.39 is 0 Å². The van der Waals surface area contributed by atoms with E-state index in [2.05, 4.69) is 59.9 Å². The average molecular weight is 439 g/mol. The summed E-state index contributed by atoms with van der Waals surface area (Å²) in [5.41, 5.74) is 1.46. The van der Waals surface area contributed by atoms with E-state index in [0.717, 1.165) is 0 Å². The highest BCUT2D eigenvalue weighted by Gasteiger charge is 2.21. The first-order valence-corrected chi connectivity index (χ1v) is 13.9. The molecule has 2 aromatic rings. The zero-order valence-corrected chi connectivity index (χ0v) is 21.2. The molecule has 180 valence electrons. The molecule has 2 unspecified atom stereocenters. The molecule has 0 amide bonds. The molecular formula is C30H50N2. The van der Waals surface area contributed by atoms with Crippen molar-refractivity contribution in [2.75, 3.05) is 0 Å². The van der Waals surface area contributed by atoms with E-state index in [1.807, 2.05) is 12.5 Å². The SMILES string of the molecule is CCCCCCCCCCCCCCCCC(C(CC)Cc1ccccc1)n1ccnc1. The molecule has 2 rings (SSSR count). The van der Waals surface area contributed by atoms with Gasteiger partial charge < -0.3 is 4.57 Å². The molecule has 0 radical (unpaired) electrons. The zero-order valence-electron chi connectivity index (χ0n) is 21.2. The number of unbranched alkanes of at least 4 members (excludes halogenated alkanes) is 13. The molecule has 1 aromatic heterocycles. The minimum atomic E-state index is 0.569. The van der Waals surface area contributed by atoms with Crippen LogP contribution in [0.15, 0.2) is 49.1 Å². The Hall–Kier alpha value is -1.57. The number of imidazole rings is 1. The highest BCUT2D eigenvalue weighted by Crippen LogP contribution is 2.30. The molecule has 1 aromatic carbocycles. The van der Waals surface area contributed by atoms with Gasteiger partial charge in [-0.3, -0.25) is 0 Å². The topological polar surface area (TPSA) is 17.8 Å². The van der Waals surface area contributed by atoms with Gasteiger partial charge in [-0.1, -0.05) is 140 Å². The molecule has 0 saturated heterocycles. The van der Waals surface area contributed by atoms with Crippen LogP contribution in [0.2, 0.25) is 0 Å². The molecule has 0 bridgehead atoms. The summed E-state index contributed by atoms with van der Waals surface area (Å²) >= 11 is 0. The van der Waals surface area contributed by atoms with Gasteiger partial charge in [0.25, 0.3) is 0 Å². The van der Waals surface area contributed by atoms with Gasteiger partial charge in [0.1, 0.15) is 0 Å². The standard InChI is InChI=1S/C30H50N2/c1-3-5-6-7-8-9-10-11-12-13-14-15-16-20-23-30(32-25-24-31-27-32)29(4-2)26-28-21-18-17-19-22-28/h17-19,21-22,24-25,27,29-30H,3-16,20,23,26H2,1-2H3. The van der Waals surface area contributed by atoms with Crippen molar-refractivity contribution in [3.63, 3.8) is 0 Å². The van der Waals surface area contributed by atoms with Crippen molar-refractivity contribution in [1.82, 2.24) is 9.55 Å². The van der Waals surface area contributed by atoms with Gasteiger partial charge in [0, 0.05) is 18.4 Å². The predicted molar refractivity (Wildman–Crippen MR) is 140 cm³/mol. The summed E-state index contributed by atoms with van der Waals surface area (Å²) in [6, 6.07) is 11.6. The third-order valence-electron chi connectivity index (χ3n) is 7.17. The molecule has 0 aliphatic heterocycles. The van der Waals surface area contributed by atoms with Crippen LogP contribution in [-0.4, -0.2) is 9.55 Å². The number of hydrogen-bond acceptors (Lipinski definition) is 1. The van der Waals surface area contributed by atoms with Crippen LogP contribution >= 0.6 is 0 Å². The maximum absolute atomic E-state index is 4.35. The van der Waals surface area contributed by atoms with Crippen molar-refractivity contribution in [2.24, 2.45) is 5.92 Å². The average Bonchev–Trinajstić information content (AvgIpc) is 3.36. The summed E-state index contributed by atoms with van der Waals surface area (Å²) in [5, 5.41) is 0. The first kappa shape index (κ1) is 26.7. The van der Waals surface area contributed by atoms with Crippen molar-refractivity contribution >= 4 is 0 Å². The van der Waals surface area contributed by atoms with E-state index in [1.165, 1.54) is 115 Å². The molecule has 0 spiro atoms. The third kappa shape index (κ3) is 11.3. The summed E-state index contributed by atoms with van der Waals surface area (Å²) < 4.78 is 2.37. The minimum absolute atomic E-state index is 0.569. The number of rotatable bonds is 20. The number of aromatic nitrogens is 2. The molecule has 0 fully saturated rings. The van der Waals surface area contributed by atoms with Crippen LogP contribution in [0.5, 0.6) is 0 Å². The van der Waals surface area contributed by atoms with Crippen molar-refractivity contribution in [1.29, 1.82) is 0 Å². The fourth-order valence-electron chi connectivity index (χ4n) is 5.11. The fraction of sp³-hybridized carbons (Fsp3) is 0.700. The predicted octanol–water partition coefficient (Wildman–Crippen LogP) is 9.56. The highest BCUT2D eigenvalue weighted by molar-refractivity contribution is 5.15. The lowest BCUT2D eigenvalue weighted by Crippen LogP contribution is -2.20. The summed E-state index contributed by atoms with van der Waals surface area (Å²) in [6.45, 7) is 4.65. The van der Waals surface area contributed by atoms with Gasteiger partial charge in [0.05, 0.1) is 6.33 Å². The van der Waals surface area contributed by atoms with E-state index in [-0.39, 0.29) is 0 Å². The molecule has 0 aliphatic rings. The summed E-state index contributed by atoms with van der Waals surface area (Å²) in [4.78, 5) is 4.35. The maximum Gasteiger partial charge on any atom is 0.0948 e. The second-order valence-corrected chi connectivity index (χ2v) is 9.82. The van der Waals surface area contributed by atoms with Gasteiger partial charge in [-0.05, 0) is 24.3 Å². The quantitative estimate of drug-likeness (QED) is 0.188. The zero-order chi connectivity index (χ0) is 22.7. The van der Waals surface area contributed by atoms with Gasteiger partial charge in [0.15, 0.2) is 0 Å². The van der Waals surface area contributed by atoms with Crippen molar-refractivity contribution < 1.29 is 0 Å².